The normalized spacial score (nSPS) is 18.7. The Morgan fingerprint density at radius 1 is 1.48 bits per heavy atom. The molecule has 1 aliphatic heterocycles. The van der Waals surface area contributed by atoms with Crippen LogP contribution < -0.4 is 0 Å². The second-order valence-corrected chi connectivity index (χ2v) is 5.69. The van der Waals surface area contributed by atoms with Gasteiger partial charge in [0.1, 0.15) is 0 Å². The van der Waals surface area contributed by atoms with Gasteiger partial charge in [-0.1, -0.05) is 28.9 Å². The average molecular weight is 306 g/mol. The predicted octanol–water partition coefficient (Wildman–Crippen LogP) is 1.80. The van der Waals surface area contributed by atoms with E-state index in [0.717, 1.165) is 24.9 Å². The lowest BCUT2D eigenvalue weighted by Crippen LogP contribution is -2.40. The Kier molecular flexibility index (Phi) is 4.15. The molecule has 1 aromatic heterocycles. The number of H-pyrrole nitrogens is 1. The van der Waals surface area contributed by atoms with Crippen LogP contribution in [-0.2, 0) is 11.2 Å². The minimum absolute atomic E-state index is 0.116. The standard InChI is InChI=1S/C14H16ClN5O/c15-12-5-1-3-10(7-12)8-13(21)20-6-2-4-11(9-20)14-16-18-19-17-14/h1,3,5,7,11H,2,4,6,8-9H2,(H,16,17,18,19). The van der Waals surface area contributed by atoms with Gasteiger partial charge in [0.05, 0.1) is 6.42 Å². The summed E-state index contributed by atoms with van der Waals surface area (Å²) in [5, 5.41) is 14.8. The summed E-state index contributed by atoms with van der Waals surface area (Å²) in [7, 11) is 0. The van der Waals surface area contributed by atoms with Crippen LogP contribution in [0.25, 0.3) is 0 Å². The topological polar surface area (TPSA) is 74.8 Å². The summed E-state index contributed by atoms with van der Waals surface area (Å²) in [6.45, 7) is 1.44. The molecule has 2 aromatic rings. The van der Waals surface area contributed by atoms with Gasteiger partial charge in [-0.3, -0.25) is 4.79 Å². The maximum atomic E-state index is 12.4. The fraction of sp³-hybridized carbons (Fsp3) is 0.429. The fourth-order valence-corrected chi connectivity index (χ4v) is 2.90. The maximum Gasteiger partial charge on any atom is 0.227 e. The van der Waals surface area contributed by atoms with Crippen molar-refractivity contribution in [1.29, 1.82) is 0 Å². The van der Waals surface area contributed by atoms with Gasteiger partial charge >= 0.3 is 0 Å². The first-order valence-corrected chi connectivity index (χ1v) is 7.36. The van der Waals surface area contributed by atoms with E-state index in [2.05, 4.69) is 20.6 Å². The third kappa shape index (κ3) is 3.39. The summed E-state index contributed by atoms with van der Waals surface area (Å²) in [6.07, 6.45) is 2.32. The molecule has 3 rings (SSSR count). The largest absolute Gasteiger partial charge is 0.342 e. The van der Waals surface area contributed by atoms with Crippen LogP contribution >= 0.6 is 11.6 Å². The van der Waals surface area contributed by atoms with Gasteiger partial charge in [0, 0.05) is 24.0 Å². The summed E-state index contributed by atoms with van der Waals surface area (Å²) >= 11 is 5.95. The third-order valence-electron chi connectivity index (χ3n) is 3.75. The highest BCUT2D eigenvalue weighted by Gasteiger charge is 2.27. The number of aromatic nitrogens is 4. The molecule has 1 N–H and O–H groups in total. The number of benzene rings is 1. The summed E-state index contributed by atoms with van der Waals surface area (Å²) in [4.78, 5) is 14.3. The molecular formula is C14H16ClN5O. The number of aromatic amines is 1. The number of nitrogens with one attached hydrogen (secondary N) is 1. The van der Waals surface area contributed by atoms with E-state index in [9.17, 15) is 4.79 Å². The molecule has 1 fully saturated rings. The quantitative estimate of drug-likeness (QED) is 0.938. The smallest absolute Gasteiger partial charge is 0.227 e. The van der Waals surface area contributed by atoms with Crippen molar-refractivity contribution >= 4 is 17.5 Å². The van der Waals surface area contributed by atoms with E-state index < -0.39 is 0 Å². The maximum absolute atomic E-state index is 12.4. The van der Waals surface area contributed by atoms with Crippen molar-refractivity contribution in [2.24, 2.45) is 0 Å². The fourth-order valence-electron chi connectivity index (χ4n) is 2.69. The summed E-state index contributed by atoms with van der Waals surface area (Å²) in [5.74, 6) is 0.974. The molecule has 1 saturated heterocycles. The van der Waals surface area contributed by atoms with Crippen LogP contribution in [-0.4, -0.2) is 44.5 Å². The highest BCUT2D eigenvalue weighted by molar-refractivity contribution is 6.30. The number of amides is 1. The van der Waals surface area contributed by atoms with Crippen LogP contribution in [0.5, 0.6) is 0 Å². The highest BCUT2D eigenvalue weighted by atomic mass is 35.5. The molecule has 2 heterocycles. The van der Waals surface area contributed by atoms with Gasteiger partial charge < -0.3 is 4.90 Å². The van der Waals surface area contributed by atoms with Crippen LogP contribution in [0.4, 0.5) is 0 Å². The molecule has 1 amide bonds. The Balaban J connectivity index is 1.64. The van der Waals surface area contributed by atoms with Crippen LogP contribution in [0.15, 0.2) is 24.3 Å². The molecule has 1 aliphatic rings. The van der Waals surface area contributed by atoms with Crippen LogP contribution in [0.3, 0.4) is 0 Å². The monoisotopic (exact) mass is 305 g/mol. The van der Waals surface area contributed by atoms with E-state index in [1.165, 1.54) is 0 Å². The van der Waals surface area contributed by atoms with Crippen molar-refractivity contribution in [2.75, 3.05) is 13.1 Å². The molecule has 6 nitrogen and oxygen atoms in total. The van der Waals surface area contributed by atoms with Gasteiger partial charge in [-0.05, 0) is 30.5 Å². The zero-order valence-electron chi connectivity index (χ0n) is 11.5. The van der Waals surface area contributed by atoms with Crippen LogP contribution in [0.1, 0.15) is 30.1 Å². The van der Waals surface area contributed by atoms with Crippen molar-refractivity contribution in [1.82, 2.24) is 25.5 Å². The summed E-state index contributed by atoms with van der Waals surface area (Å²) in [5.41, 5.74) is 0.939. The molecule has 0 aliphatic carbocycles. The Morgan fingerprint density at radius 3 is 3.14 bits per heavy atom. The lowest BCUT2D eigenvalue weighted by atomic mass is 9.97. The number of nitrogens with zero attached hydrogens (tertiary/aromatic N) is 4. The Hall–Kier alpha value is -1.95. The minimum atomic E-state index is 0.116. The van der Waals surface area contributed by atoms with E-state index >= 15 is 0 Å². The van der Waals surface area contributed by atoms with Crippen molar-refractivity contribution in [3.8, 4) is 0 Å². The lowest BCUT2D eigenvalue weighted by Gasteiger charge is -2.31. The first-order valence-electron chi connectivity index (χ1n) is 6.98. The average Bonchev–Trinajstić information content (AvgIpc) is 3.02. The van der Waals surface area contributed by atoms with Crippen molar-refractivity contribution in [3.05, 3.63) is 40.7 Å². The Bertz CT molecular complexity index is 616. The number of halogens is 1. The van der Waals surface area contributed by atoms with Gasteiger partial charge in [-0.2, -0.15) is 5.21 Å². The summed E-state index contributed by atoms with van der Waals surface area (Å²) < 4.78 is 0. The molecule has 0 saturated carbocycles. The van der Waals surface area contributed by atoms with Crippen molar-refractivity contribution in [3.63, 3.8) is 0 Å². The Labute approximate surface area is 127 Å². The van der Waals surface area contributed by atoms with Gasteiger partial charge in [0.15, 0.2) is 5.82 Å². The number of likely N-dealkylation sites (tertiary alicyclic amines) is 1. The molecule has 1 aromatic carbocycles. The number of piperidine rings is 1. The van der Waals surface area contributed by atoms with E-state index in [0.29, 0.717) is 23.8 Å². The number of rotatable bonds is 3. The van der Waals surface area contributed by atoms with Crippen molar-refractivity contribution < 1.29 is 4.79 Å². The molecule has 1 unspecified atom stereocenters. The third-order valence-corrected chi connectivity index (χ3v) is 3.98. The number of carbonyl (C=O) groups is 1. The molecule has 21 heavy (non-hydrogen) atoms. The SMILES string of the molecule is O=C(Cc1cccc(Cl)c1)N1CCCC(c2nn[nH]n2)C1. The zero-order chi connectivity index (χ0) is 14.7. The first kappa shape index (κ1) is 14.0. The van der Waals surface area contributed by atoms with Crippen LogP contribution in [0, 0.1) is 0 Å². The number of hydrogen-bond donors (Lipinski definition) is 1. The van der Waals surface area contributed by atoms with E-state index in [-0.39, 0.29) is 11.8 Å². The molecular weight excluding hydrogens is 290 g/mol. The number of tetrazole rings is 1. The second kappa shape index (κ2) is 6.22. The van der Waals surface area contributed by atoms with Gasteiger partial charge in [0.2, 0.25) is 5.91 Å². The molecule has 7 heteroatoms. The van der Waals surface area contributed by atoms with Gasteiger partial charge in [-0.15, -0.1) is 10.2 Å². The van der Waals surface area contributed by atoms with Gasteiger partial charge in [0.25, 0.3) is 0 Å². The minimum Gasteiger partial charge on any atom is -0.342 e. The molecule has 0 spiro atoms. The highest BCUT2D eigenvalue weighted by Crippen LogP contribution is 2.24. The van der Waals surface area contributed by atoms with Crippen molar-refractivity contribution in [2.45, 2.75) is 25.2 Å². The van der Waals surface area contributed by atoms with E-state index in [1.807, 2.05) is 29.2 Å². The first-order chi connectivity index (χ1) is 10.2. The van der Waals surface area contributed by atoms with E-state index in [4.69, 9.17) is 11.6 Å². The van der Waals surface area contributed by atoms with Crippen LogP contribution in [0.2, 0.25) is 5.02 Å². The molecule has 1 atom stereocenters. The second-order valence-electron chi connectivity index (χ2n) is 5.26. The zero-order valence-corrected chi connectivity index (χ0v) is 12.3. The van der Waals surface area contributed by atoms with E-state index in [1.54, 1.807) is 0 Å². The van der Waals surface area contributed by atoms with Gasteiger partial charge in [-0.25, -0.2) is 0 Å². The molecule has 0 radical (unpaired) electrons. The number of hydrogen-bond acceptors (Lipinski definition) is 4. The molecule has 0 bridgehead atoms. The lowest BCUT2D eigenvalue weighted by molar-refractivity contribution is -0.131. The summed E-state index contributed by atoms with van der Waals surface area (Å²) in [6, 6.07) is 7.43. The molecule has 110 valence electrons. The predicted molar refractivity (Wildman–Crippen MR) is 77.9 cm³/mol. The Morgan fingerprint density at radius 2 is 2.38 bits per heavy atom. The number of carbonyl (C=O) groups excluding carboxylic acids is 1.